The van der Waals surface area contributed by atoms with E-state index in [4.69, 9.17) is 0 Å². The van der Waals surface area contributed by atoms with Crippen LogP contribution in [0.3, 0.4) is 0 Å². The lowest BCUT2D eigenvalue weighted by atomic mass is 9.99. The fourth-order valence-corrected chi connectivity index (χ4v) is 1.61. The first-order valence-electron chi connectivity index (χ1n) is 5.29. The molecule has 5 heteroatoms. The number of piperidine rings is 1. The minimum atomic E-state index is -0.294. The standard InChI is InChI=1S/C10H18N2O3/c1-15-9(13)4-6-12-10(14)8-3-2-5-11-7-8/h8,11H,2-7H2,1H3,(H,12,14)/t8-/m0/s1. The third-order valence-electron chi connectivity index (χ3n) is 2.52. The molecule has 2 N–H and O–H groups in total. The molecule has 86 valence electrons. The number of ether oxygens (including phenoxy) is 1. The van der Waals surface area contributed by atoms with Crippen molar-refractivity contribution >= 4 is 11.9 Å². The molecular formula is C10H18N2O3. The van der Waals surface area contributed by atoms with Crippen molar-refractivity contribution in [3.63, 3.8) is 0 Å². The normalized spacial score (nSPS) is 20.7. The average molecular weight is 214 g/mol. The van der Waals surface area contributed by atoms with Gasteiger partial charge in [-0.3, -0.25) is 9.59 Å². The van der Waals surface area contributed by atoms with E-state index in [1.54, 1.807) is 0 Å². The van der Waals surface area contributed by atoms with Crippen molar-refractivity contribution in [1.29, 1.82) is 0 Å². The van der Waals surface area contributed by atoms with Crippen molar-refractivity contribution in [2.45, 2.75) is 19.3 Å². The molecule has 15 heavy (non-hydrogen) atoms. The molecule has 0 aromatic rings. The van der Waals surface area contributed by atoms with Crippen LogP contribution in [0.25, 0.3) is 0 Å². The third-order valence-corrected chi connectivity index (χ3v) is 2.52. The van der Waals surface area contributed by atoms with E-state index in [2.05, 4.69) is 15.4 Å². The van der Waals surface area contributed by atoms with Gasteiger partial charge in [0, 0.05) is 13.1 Å². The monoisotopic (exact) mass is 214 g/mol. The number of esters is 1. The summed E-state index contributed by atoms with van der Waals surface area (Å²) in [5.41, 5.74) is 0. The molecule has 0 aliphatic carbocycles. The van der Waals surface area contributed by atoms with Crippen LogP contribution in [-0.2, 0) is 14.3 Å². The number of nitrogens with one attached hydrogen (secondary N) is 2. The van der Waals surface area contributed by atoms with Crippen LogP contribution < -0.4 is 10.6 Å². The number of carbonyl (C=O) groups excluding carboxylic acids is 2. The van der Waals surface area contributed by atoms with Gasteiger partial charge in [0.15, 0.2) is 0 Å². The van der Waals surface area contributed by atoms with Crippen LogP contribution in [0.4, 0.5) is 0 Å². The molecule has 1 aliphatic rings. The second-order valence-corrected chi connectivity index (χ2v) is 3.66. The summed E-state index contributed by atoms with van der Waals surface area (Å²) in [5, 5.41) is 5.91. The van der Waals surface area contributed by atoms with Crippen LogP contribution in [0.1, 0.15) is 19.3 Å². The van der Waals surface area contributed by atoms with E-state index in [1.807, 2.05) is 0 Å². The molecule has 0 saturated carbocycles. The molecular weight excluding hydrogens is 196 g/mol. The Labute approximate surface area is 89.6 Å². The van der Waals surface area contributed by atoms with Crippen molar-refractivity contribution in [3.8, 4) is 0 Å². The van der Waals surface area contributed by atoms with Gasteiger partial charge in [-0.05, 0) is 19.4 Å². The molecule has 1 atom stereocenters. The Morgan fingerprint density at radius 3 is 2.93 bits per heavy atom. The Morgan fingerprint density at radius 2 is 2.33 bits per heavy atom. The predicted octanol–water partition coefficient (Wildman–Crippen LogP) is -0.335. The third kappa shape index (κ3) is 4.29. The number of rotatable bonds is 4. The van der Waals surface area contributed by atoms with Gasteiger partial charge in [0.05, 0.1) is 19.4 Å². The maximum absolute atomic E-state index is 11.6. The highest BCUT2D eigenvalue weighted by Crippen LogP contribution is 2.09. The zero-order valence-corrected chi connectivity index (χ0v) is 9.04. The average Bonchev–Trinajstić information content (AvgIpc) is 2.29. The van der Waals surface area contributed by atoms with E-state index in [1.165, 1.54) is 7.11 Å². The van der Waals surface area contributed by atoms with Crippen LogP contribution >= 0.6 is 0 Å². The molecule has 0 aromatic carbocycles. The fourth-order valence-electron chi connectivity index (χ4n) is 1.61. The lowest BCUT2D eigenvalue weighted by molar-refractivity contribution is -0.140. The highest BCUT2D eigenvalue weighted by molar-refractivity contribution is 5.79. The summed E-state index contributed by atoms with van der Waals surface area (Å²) in [6, 6.07) is 0. The van der Waals surface area contributed by atoms with E-state index in [-0.39, 0.29) is 24.2 Å². The Hall–Kier alpha value is -1.10. The van der Waals surface area contributed by atoms with Crippen LogP contribution in [0, 0.1) is 5.92 Å². The van der Waals surface area contributed by atoms with Crippen molar-refractivity contribution in [3.05, 3.63) is 0 Å². The molecule has 1 heterocycles. The number of carbonyl (C=O) groups is 2. The molecule has 1 fully saturated rings. The van der Waals surface area contributed by atoms with E-state index in [0.717, 1.165) is 25.9 Å². The number of methoxy groups -OCH3 is 1. The van der Waals surface area contributed by atoms with E-state index < -0.39 is 0 Å². The Kier molecular flexibility index (Phi) is 5.10. The Bertz CT molecular complexity index is 225. The van der Waals surface area contributed by atoms with Crippen LogP contribution in [0.2, 0.25) is 0 Å². The minimum absolute atomic E-state index is 0.0334. The van der Waals surface area contributed by atoms with Crippen molar-refractivity contribution < 1.29 is 14.3 Å². The molecule has 0 unspecified atom stereocenters. The highest BCUT2D eigenvalue weighted by atomic mass is 16.5. The summed E-state index contributed by atoms with van der Waals surface area (Å²) >= 11 is 0. The first-order valence-corrected chi connectivity index (χ1v) is 5.29. The quantitative estimate of drug-likeness (QED) is 0.629. The molecule has 1 rings (SSSR count). The lowest BCUT2D eigenvalue weighted by Crippen LogP contribution is -2.41. The van der Waals surface area contributed by atoms with Gasteiger partial charge in [0.2, 0.25) is 5.91 Å². The smallest absolute Gasteiger partial charge is 0.307 e. The van der Waals surface area contributed by atoms with Crippen LogP contribution in [-0.4, -0.2) is 38.6 Å². The van der Waals surface area contributed by atoms with E-state index in [9.17, 15) is 9.59 Å². The molecule has 0 spiro atoms. The zero-order chi connectivity index (χ0) is 11.1. The van der Waals surface area contributed by atoms with Gasteiger partial charge in [-0.15, -0.1) is 0 Å². The number of amides is 1. The Balaban J connectivity index is 2.14. The van der Waals surface area contributed by atoms with Gasteiger partial charge in [-0.2, -0.15) is 0 Å². The highest BCUT2D eigenvalue weighted by Gasteiger charge is 2.20. The number of hydrogen-bond acceptors (Lipinski definition) is 4. The van der Waals surface area contributed by atoms with Gasteiger partial charge in [0.1, 0.15) is 0 Å². The summed E-state index contributed by atoms with van der Waals surface area (Å²) in [4.78, 5) is 22.3. The fraction of sp³-hybridized carbons (Fsp3) is 0.800. The number of hydrogen-bond donors (Lipinski definition) is 2. The maximum Gasteiger partial charge on any atom is 0.307 e. The van der Waals surface area contributed by atoms with E-state index >= 15 is 0 Å². The molecule has 1 aliphatic heterocycles. The van der Waals surface area contributed by atoms with Gasteiger partial charge in [0.25, 0.3) is 0 Å². The topological polar surface area (TPSA) is 67.4 Å². The largest absolute Gasteiger partial charge is 0.469 e. The molecule has 0 aromatic heterocycles. The Morgan fingerprint density at radius 1 is 1.53 bits per heavy atom. The van der Waals surface area contributed by atoms with Gasteiger partial charge < -0.3 is 15.4 Å². The maximum atomic E-state index is 11.6. The zero-order valence-electron chi connectivity index (χ0n) is 9.04. The van der Waals surface area contributed by atoms with Crippen molar-refractivity contribution in [1.82, 2.24) is 10.6 Å². The first-order chi connectivity index (χ1) is 7.24. The molecule has 1 amide bonds. The summed E-state index contributed by atoms with van der Waals surface area (Å²) in [7, 11) is 1.34. The van der Waals surface area contributed by atoms with Gasteiger partial charge >= 0.3 is 5.97 Å². The second-order valence-electron chi connectivity index (χ2n) is 3.66. The first kappa shape index (κ1) is 12.0. The summed E-state index contributed by atoms with van der Waals surface area (Å²) in [6.45, 7) is 2.10. The predicted molar refractivity (Wildman–Crippen MR) is 55.2 cm³/mol. The van der Waals surface area contributed by atoms with E-state index in [0.29, 0.717) is 6.54 Å². The van der Waals surface area contributed by atoms with Crippen LogP contribution in [0.15, 0.2) is 0 Å². The molecule has 5 nitrogen and oxygen atoms in total. The summed E-state index contributed by atoms with van der Waals surface area (Å²) in [6.07, 6.45) is 2.20. The van der Waals surface area contributed by atoms with Gasteiger partial charge in [-0.25, -0.2) is 0 Å². The summed E-state index contributed by atoms with van der Waals surface area (Å²) < 4.78 is 4.47. The second kappa shape index (κ2) is 6.40. The van der Waals surface area contributed by atoms with Crippen molar-refractivity contribution in [2.24, 2.45) is 5.92 Å². The van der Waals surface area contributed by atoms with Crippen LogP contribution in [0.5, 0.6) is 0 Å². The molecule has 0 radical (unpaired) electrons. The molecule has 1 saturated heterocycles. The van der Waals surface area contributed by atoms with Crippen molar-refractivity contribution in [2.75, 3.05) is 26.7 Å². The summed E-state index contributed by atoms with van der Waals surface area (Å²) in [5.74, 6) is -0.209. The SMILES string of the molecule is COC(=O)CCNC(=O)[C@H]1CCCNC1. The molecule has 0 bridgehead atoms. The lowest BCUT2D eigenvalue weighted by Gasteiger charge is -2.21. The minimum Gasteiger partial charge on any atom is -0.469 e. The van der Waals surface area contributed by atoms with Gasteiger partial charge in [-0.1, -0.05) is 0 Å².